The lowest BCUT2D eigenvalue weighted by Crippen LogP contribution is -2.27. The molecule has 1 aliphatic rings. The first-order chi connectivity index (χ1) is 10.3. The van der Waals surface area contributed by atoms with Crippen LogP contribution in [-0.2, 0) is 16.1 Å². The Morgan fingerprint density at radius 1 is 1.36 bits per heavy atom. The number of carboxylic acids is 1. The number of aliphatic carboxylic acids is 1. The number of H-pyrrole nitrogens is 1. The van der Waals surface area contributed by atoms with Gasteiger partial charge in [0.1, 0.15) is 5.82 Å². The van der Waals surface area contributed by atoms with E-state index in [0.717, 1.165) is 16.6 Å². The Bertz CT molecular complexity index is 763. The predicted octanol–water partition coefficient (Wildman–Crippen LogP) is 1.84. The average Bonchev–Trinajstić information content (AvgIpc) is 2.82. The van der Waals surface area contributed by atoms with Crippen molar-refractivity contribution in [3.63, 3.8) is 0 Å². The standard InChI is InChI=1S/C16H19N3O3/c1-8-4-5-9-10(6-8)19-11(18-9)7-17-14(20)12-13(15(21)22)16(12,2)3/h4-6,12-13H,7H2,1-3H3,(H,17,20)(H,18,19)(H,21,22)/t12-,13+/m0/s1. The van der Waals surface area contributed by atoms with Crippen molar-refractivity contribution in [3.05, 3.63) is 29.6 Å². The summed E-state index contributed by atoms with van der Waals surface area (Å²) in [6.45, 7) is 5.88. The summed E-state index contributed by atoms with van der Waals surface area (Å²) in [5.41, 5.74) is 2.43. The average molecular weight is 301 g/mol. The molecule has 1 amide bonds. The molecule has 22 heavy (non-hydrogen) atoms. The van der Waals surface area contributed by atoms with Crippen molar-refractivity contribution in [2.75, 3.05) is 0 Å². The van der Waals surface area contributed by atoms with Gasteiger partial charge in [-0.05, 0) is 30.0 Å². The molecule has 1 fully saturated rings. The van der Waals surface area contributed by atoms with Crippen molar-refractivity contribution in [2.45, 2.75) is 27.3 Å². The highest BCUT2D eigenvalue weighted by atomic mass is 16.4. The van der Waals surface area contributed by atoms with E-state index in [2.05, 4.69) is 15.3 Å². The van der Waals surface area contributed by atoms with E-state index in [4.69, 9.17) is 5.11 Å². The molecule has 0 unspecified atom stereocenters. The Kier molecular flexibility index (Phi) is 3.20. The van der Waals surface area contributed by atoms with Crippen LogP contribution in [0.2, 0.25) is 0 Å². The molecule has 1 aliphatic carbocycles. The van der Waals surface area contributed by atoms with Crippen molar-refractivity contribution in [1.82, 2.24) is 15.3 Å². The van der Waals surface area contributed by atoms with Gasteiger partial charge in [-0.15, -0.1) is 0 Å². The number of nitrogens with one attached hydrogen (secondary N) is 2. The van der Waals surface area contributed by atoms with Crippen LogP contribution in [0.5, 0.6) is 0 Å². The van der Waals surface area contributed by atoms with Crippen LogP contribution in [0.4, 0.5) is 0 Å². The van der Waals surface area contributed by atoms with Crippen LogP contribution in [0.15, 0.2) is 18.2 Å². The van der Waals surface area contributed by atoms with Gasteiger partial charge in [0.05, 0.1) is 29.4 Å². The molecule has 0 spiro atoms. The molecule has 6 nitrogen and oxygen atoms in total. The van der Waals surface area contributed by atoms with Crippen molar-refractivity contribution >= 4 is 22.9 Å². The fourth-order valence-corrected chi connectivity index (χ4v) is 3.13. The number of aromatic amines is 1. The maximum atomic E-state index is 12.2. The monoisotopic (exact) mass is 301 g/mol. The fourth-order valence-electron chi connectivity index (χ4n) is 3.13. The maximum Gasteiger partial charge on any atom is 0.307 e. The third kappa shape index (κ3) is 2.34. The lowest BCUT2D eigenvalue weighted by molar-refractivity contribution is -0.140. The summed E-state index contributed by atoms with van der Waals surface area (Å²) in [6, 6.07) is 5.91. The molecule has 2 atom stereocenters. The first-order valence-corrected chi connectivity index (χ1v) is 7.26. The van der Waals surface area contributed by atoms with Crippen molar-refractivity contribution in [3.8, 4) is 0 Å². The lowest BCUT2D eigenvalue weighted by Gasteiger charge is -2.03. The molecule has 0 saturated heterocycles. The number of aromatic nitrogens is 2. The molecule has 116 valence electrons. The number of carbonyl (C=O) groups excluding carboxylic acids is 1. The predicted molar refractivity (Wildman–Crippen MR) is 81.1 cm³/mol. The topological polar surface area (TPSA) is 95.1 Å². The third-order valence-electron chi connectivity index (χ3n) is 4.49. The normalized spacial score (nSPS) is 22.5. The molecule has 1 aromatic heterocycles. The quantitative estimate of drug-likeness (QED) is 0.803. The highest BCUT2D eigenvalue weighted by Gasteiger charge is 2.65. The number of imidazole rings is 1. The zero-order valence-electron chi connectivity index (χ0n) is 12.8. The zero-order chi connectivity index (χ0) is 16.1. The summed E-state index contributed by atoms with van der Waals surface area (Å²) in [6.07, 6.45) is 0. The van der Waals surface area contributed by atoms with Crippen LogP contribution in [-0.4, -0.2) is 27.0 Å². The Balaban J connectivity index is 1.67. The number of benzene rings is 1. The molecule has 6 heteroatoms. The second kappa shape index (κ2) is 4.83. The molecule has 2 aromatic rings. The Labute approximate surface area is 127 Å². The van der Waals surface area contributed by atoms with Gasteiger partial charge in [-0.1, -0.05) is 19.9 Å². The largest absolute Gasteiger partial charge is 0.481 e. The van der Waals surface area contributed by atoms with Crippen LogP contribution in [0.1, 0.15) is 25.2 Å². The van der Waals surface area contributed by atoms with Gasteiger partial charge >= 0.3 is 5.97 Å². The van der Waals surface area contributed by atoms with Gasteiger partial charge in [0, 0.05) is 0 Å². The molecule has 0 radical (unpaired) electrons. The number of carboxylic acid groups (broad SMARTS) is 1. The summed E-state index contributed by atoms with van der Waals surface area (Å²) in [7, 11) is 0. The number of amides is 1. The molecule has 1 heterocycles. The van der Waals surface area contributed by atoms with Crippen molar-refractivity contribution in [1.29, 1.82) is 0 Å². The van der Waals surface area contributed by atoms with E-state index >= 15 is 0 Å². The van der Waals surface area contributed by atoms with Crippen LogP contribution in [0.25, 0.3) is 11.0 Å². The van der Waals surface area contributed by atoms with Gasteiger partial charge in [0.2, 0.25) is 5.91 Å². The highest BCUT2D eigenvalue weighted by molar-refractivity contribution is 5.91. The second-order valence-corrected chi connectivity index (χ2v) is 6.54. The minimum absolute atomic E-state index is 0.228. The first kappa shape index (κ1) is 14.6. The van der Waals surface area contributed by atoms with Crippen LogP contribution in [0, 0.1) is 24.2 Å². The highest BCUT2D eigenvalue weighted by Crippen LogP contribution is 2.58. The van der Waals surface area contributed by atoms with Gasteiger partial charge in [-0.25, -0.2) is 4.98 Å². The van der Waals surface area contributed by atoms with Gasteiger partial charge in [0.25, 0.3) is 0 Å². The van der Waals surface area contributed by atoms with E-state index in [9.17, 15) is 9.59 Å². The smallest absolute Gasteiger partial charge is 0.307 e. The maximum absolute atomic E-state index is 12.2. The molecular weight excluding hydrogens is 282 g/mol. The molecule has 1 aromatic carbocycles. The van der Waals surface area contributed by atoms with Gasteiger partial charge < -0.3 is 15.4 Å². The van der Waals surface area contributed by atoms with Crippen LogP contribution < -0.4 is 5.32 Å². The van der Waals surface area contributed by atoms with E-state index in [1.54, 1.807) is 13.8 Å². The molecular formula is C16H19N3O3. The minimum atomic E-state index is -0.913. The van der Waals surface area contributed by atoms with E-state index in [1.165, 1.54) is 0 Å². The number of nitrogens with zero attached hydrogens (tertiary/aromatic N) is 1. The zero-order valence-corrected chi connectivity index (χ0v) is 12.8. The summed E-state index contributed by atoms with van der Waals surface area (Å²) in [4.78, 5) is 30.9. The SMILES string of the molecule is Cc1ccc2nc(CNC(=O)[C@@H]3[C@H](C(=O)O)C3(C)C)[nH]c2c1. The number of hydrogen-bond acceptors (Lipinski definition) is 3. The van der Waals surface area contributed by atoms with Gasteiger partial charge in [-0.3, -0.25) is 9.59 Å². The number of carbonyl (C=O) groups is 2. The lowest BCUT2D eigenvalue weighted by atomic mass is 10.1. The summed E-state index contributed by atoms with van der Waals surface area (Å²) in [5.74, 6) is -1.56. The summed E-state index contributed by atoms with van der Waals surface area (Å²) in [5, 5.41) is 11.9. The Morgan fingerprint density at radius 3 is 2.73 bits per heavy atom. The minimum Gasteiger partial charge on any atom is -0.481 e. The Morgan fingerprint density at radius 2 is 2.09 bits per heavy atom. The summed E-state index contributed by atoms with van der Waals surface area (Å²) >= 11 is 0. The third-order valence-corrected chi connectivity index (χ3v) is 4.49. The molecule has 0 aliphatic heterocycles. The molecule has 3 rings (SSSR count). The number of aryl methyl sites for hydroxylation is 1. The number of hydrogen-bond donors (Lipinski definition) is 3. The molecule has 0 bridgehead atoms. The van der Waals surface area contributed by atoms with Crippen molar-refractivity contribution in [2.24, 2.45) is 17.3 Å². The van der Waals surface area contributed by atoms with E-state index < -0.39 is 23.2 Å². The van der Waals surface area contributed by atoms with Crippen molar-refractivity contribution < 1.29 is 14.7 Å². The Hall–Kier alpha value is -2.37. The van der Waals surface area contributed by atoms with E-state index in [1.807, 2.05) is 25.1 Å². The van der Waals surface area contributed by atoms with Gasteiger partial charge in [0.15, 0.2) is 0 Å². The number of fused-ring (bicyclic) bond motifs is 1. The summed E-state index contributed by atoms with van der Waals surface area (Å²) < 4.78 is 0. The molecule has 1 saturated carbocycles. The molecule has 3 N–H and O–H groups in total. The van der Waals surface area contributed by atoms with Crippen LogP contribution >= 0.6 is 0 Å². The first-order valence-electron chi connectivity index (χ1n) is 7.26. The van der Waals surface area contributed by atoms with E-state index in [0.29, 0.717) is 5.82 Å². The van der Waals surface area contributed by atoms with Crippen LogP contribution in [0.3, 0.4) is 0 Å². The second-order valence-electron chi connectivity index (χ2n) is 6.54. The fraction of sp³-hybridized carbons (Fsp3) is 0.438. The van der Waals surface area contributed by atoms with Gasteiger partial charge in [-0.2, -0.15) is 0 Å². The van der Waals surface area contributed by atoms with E-state index in [-0.39, 0.29) is 12.5 Å². The number of rotatable bonds is 4.